The molecule has 0 atom stereocenters. The monoisotopic (exact) mass is 427 g/mol. The Morgan fingerprint density at radius 1 is 1.39 bits per heavy atom. The summed E-state index contributed by atoms with van der Waals surface area (Å²) in [7, 11) is 1.33. The zero-order valence-corrected chi connectivity index (χ0v) is 18.8. The lowest BCUT2D eigenvalue weighted by Gasteiger charge is -2.23. The molecule has 0 spiro atoms. The van der Waals surface area contributed by atoms with E-state index in [-0.39, 0.29) is 11.9 Å². The van der Waals surface area contributed by atoms with Gasteiger partial charge in [0.15, 0.2) is 11.4 Å². The van der Waals surface area contributed by atoms with E-state index in [9.17, 15) is 4.79 Å². The van der Waals surface area contributed by atoms with E-state index in [0.717, 1.165) is 11.4 Å². The Kier molecular flexibility index (Phi) is 6.33. The van der Waals surface area contributed by atoms with Crippen LogP contribution >= 0.6 is 0 Å². The van der Waals surface area contributed by atoms with Crippen molar-refractivity contribution in [2.75, 3.05) is 13.7 Å². The number of methoxy groups -OCH3 is 1. The minimum atomic E-state index is -1.13. The molecule has 166 valence electrons. The van der Waals surface area contributed by atoms with Crippen LogP contribution in [0.2, 0.25) is 0 Å². The van der Waals surface area contributed by atoms with Crippen molar-refractivity contribution >= 4 is 17.6 Å². The molecule has 2 aromatic rings. The topological polar surface area (TPSA) is 111 Å². The Balaban J connectivity index is 1.98. The number of aromatic nitrogens is 2. The highest BCUT2D eigenvalue weighted by molar-refractivity contribution is 6.04. The minimum Gasteiger partial charge on any atom is -0.491 e. The molecule has 0 saturated heterocycles. The Morgan fingerprint density at radius 2 is 2.13 bits per heavy atom. The molecule has 1 aromatic heterocycles. The Morgan fingerprint density at radius 3 is 2.77 bits per heavy atom. The molecule has 2 heterocycles. The Hall–Kier alpha value is -3.36. The molecule has 0 radical (unpaired) electrons. The highest BCUT2D eigenvalue weighted by atomic mass is 16.6. The molecule has 0 bridgehead atoms. The van der Waals surface area contributed by atoms with Crippen LogP contribution in [0.25, 0.3) is 11.4 Å². The zero-order valence-electron chi connectivity index (χ0n) is 18.8. The van der Waals surface area contributed by atoms with Crippen molar-refractivity contribution in [2.45, 2.75) is 52.8 Å². The number of fused-ring (bicyclic) bond motifs is 3. The summed E-state index contributed by atoms with van der Waals surface area (Å²) in [5, 5.41) is 11.0. The first-order valence-corrected chi connectivity index (χ1v) is 10.1. The number of nitrogens with zero attached hydrogens (tertiary/aromatic N) is 3. The van der Waals surface area contributed by atoms with Crippen LogP contribution in [0.4, 0.5) is 0 Å². The number of hydrogen-bond acceptors (Lipinski definition) is 6. The lowest BCUT2D eigenvalue weighted by molar-refractivity contribution is -0.156. The molecule has 0 saturated carbocycles. The smallest absolute Gasteiger partial charge is 0.349 e. The van der Waals surface area contributed by atoms with Gasteiger partial charge in [-0.15, -0.1) is 0 Å². The zero-order chi connectivity index (χ0) is 22.8. The molecule has 2 N–H and O–H groups in total. The fourth-order valence-electron chi connectivity index (χ4n) is 3.23. The molecular formula is C22H29N5O4. The molecule has 3 rings (SSSR count). The van der Waals surface area contributed by atoms with Crippen LogP contribution in [0, 0.1) is 5.41 Å². The van der Waals surface area contributed by atoms with Gasteiger partial charge in [-0.25, -0.2) is 14.8 Å². The van der Waals surface area contributed by atoms with E-state index in [1.165, 1.54) is 7.11 Å². The predicted octanol–water partition coefficient (Wildman–Crippen LogP) is 3.01. The van der Waals surface area contributed by atoms with E-state index >= 15 is 0 Å². The molecule has 1 aliphatic heterocycles. The van der Waals surface area contributed by atoms with Crippen LogP contribution in [0.1, 0.15) is 40.3 Å². The van der Waals surface area contributed by atoms with Gasteiger partial charge >= 0.3 is 5.97 Å². The number of ether oxygens (including phenoxy) is 3. The summed E-state index contributed by atoms with van der Waals surface area (Å²) in [5.74, 6) is 2.15. The number of carbonyl (C=O) groups excluding carboxylic acids is 1. The molecule has 0 amide bonds. The molecular weight excluding hydrogens is 398 g/mol. The number of aliphatic imine (C=N–C) groups is 1. The van der Waals surface area contributed by atoms with Gasteiger partial charge in [0, 0.05) is 18.3 Å². The van der Waals surface area contributed by atoms with Crippen LogP contribution in [-0.2, 0) is 16.1 Å². The highest BCUT2D eigenvalue weighted by Gasteiger charge is 2.31. The lowest BCUT2D eigenvalue weighted by atomic mass is 10.1. The lowest BCUT2D eigenvalue weighted by Crippen LogP contribution is -2.39. The normalized spacial score (nSPS) is 13.6. The van der Waals surface area contributed by atoms with Crippen LogP contribution in [0.5, 0.6) is 11.5 Å². The highest BCUT2D eigenvalue weighted by Crippen LogP contribution is 2.36. The van der Waals surface area contributed by atoms with Gasteiger partial charge in [-0.1, -0.05) is 0 Å². The van der Waals surface area contributed by atoms with Gasteiger partial charge in [-0.2, -0.15) is 0 Å². The summed E-state index contributed by atoms with van der Waals surface area (Å²) in [5.41, 5.74) is 0.343. The van der Waals surface area contributed by atoms with Crippen molar-refractivity contribution in [3.63, 3.8) is 0 Å². The molecule has 1 aromatic carbocycles. The van der Waals surface area contributed by atoms with Gasteiger partial charge in [0.25, 0.3) is 0 Å². The number of carbonyl (C=O) groups is 1. The van der Waals surface area contributed by atoms with E-state index < -0.39 is 11.6 Å². The summed E-state index contributed by atoms with van der Waals surface area (Å²) in [6.07, 6.45) is 1.91. The maximum absolute atomic E-state index is 11.9. The largest absolute Gasteiger partial charge is 0.491 e. The van der Waals surface area contributed by atoms with E-state index in [1.807, 2.05) is 30.7 Å². The summed E-state index contributed by atoms with van der Waals surface area (Å²) >= 11 is 0. The van der Waals surface area contributed by atoms with E-state index in [0.29, 0.717) is 36.2 Å². The second-order valence-corrected chi connectivity index (χ2v) is 8.10. The number of benzene rings is 1. The standard InChI is InChI=1S/C22H29N5O4/c1-13(2)24-19(25-14(3)23)17-12-27-9-10-30-18-11-15(7-8-16(18)20(27)26-17)31-22(4,5)21(28)29-6/h7-8,11-13H,9-10H2,1-6H3,(H2,23,24,25). The van der Waals surface area contributed by atoms with Crippen molar-refractivity contribution in [3.05, 3.63) is 30.1 Å². The fraction of sp³-hybridized carbons (Fsp3) is 0.455. The van der Waals surface area contributed by atoms with Gasteiger partial charge in [0.05, 0.1) is 19.2 Å². The molecule has 1 aliphatic rings. The second kappa shape index (κ2) is 8.79. The van der Waals surface area contributed by atoms with E-state index in [2.05, 4.69) is 10.3 Å². The number of hydrogen-bond donors (Lipinski definition) is 2. The van der Waals surface area contributed by atoms with Crippen LogP contribution < -0.4 is 14.8 Å². The summed E-state index contributed by atoms with van der Waals surface area (Å²) in [4.78, 5) is 21.0. The van der Waals surface area contributed by atoms with Crippen molar-refractivity contribution < 1.29 is 19.0 Å². The first-order valence-electron chi connectivity index (χ1n) is 10.1. The van der Waals surface area contributed by atoms with Crippen molar-refractivity contribution in [2.24, 2.45) is 4.99 Å². The first kappa shape index (κ1) is 22.3. The van der Waals surface area contributed by atoms with E-state index in [4.69, 9.17) is 24.6 Å². The SMILES string of the molecule is COC(=O)C(C)(C)Oc1ccc2c(c1)OCCn1cc(/C(=N/C(C)=N)NC(C)C)nc1-2. The van der Waals surface area contributed by atoms with Gasteiger partial charge in [0.2, 0.25) is 0 Å². The van der Waals surface area contributed by atoms with Crippen LogP contribution in [-0.4, -0.2) is 52.6 Å². The van der Waals surface area contributed by atoms with Crippen molar-refractivity contribution in [1.29, 1.82) is 5.41 Å². The van der Waals surface area contributed by atoms with Gasteiger partial charge < -0.3 is 24.1 Å². The summed E-state index contributed by atoms with van der Waals surface area (Å²) in [6.45, 7) is 10.0. The van der Waals surface area contributed by atoms with Gasteiger partial charge in [0.1, 0.15) is 35.5 Å². The van der Waals surface area contributed by atoms with Gasteiger partial charge in [-0.05, 0) is 46.8 Å². The van der Waals surface area contributed by atoms with Crippen molar-refractivity contribution in [1.82, 2.24) is 14.9 Å². The predicted molar refractivity (Wildman–Crippen MR) is 118 cm³/mol. The fourth-order valence-corrected chi connectivity index (χ4v) is 3.23. The number of amidine groups is 2. The first-order chi connectivity index (χ1) is 14.6. The number of rotatable bonds is 5. The molecule has 9 nitrogen and oxygen atoms in total. The average Bonchev–Trinajstić information content (AvgIpc) is 3.02. The van der Waals surface area contributed by atoms with Crippen molar-refractivity contribution in [3.8, 4) is 22.9 Å². The van der Waals surface area contributed by atoms with Crippen LogP contribution in [0.3, 0.4) is 0 Å². The molecule has 0 aliphatic carbocycles. The number of imidazole rings is 1. The molecule has 0 unspecified atom stereocenters. The number of nitrogens with one attached hydrogen (secondary N) is 2. The summed E-state index contributed by atoms with van der Waals surface area (Å²) in [6, 6.07) is 5.54. The second-order valence-electron chi connectivity index (χ2n) is 8.10. The molecule has 9 heteroatoms. The van der Waals surface area contributed by atoms with Crippen LogP contribution in [0.15, 0.2) is 29.4 Å². The molecule has 0 fully saturated rings. The third kappa shape index (κ3) is 5.04. The molecule has 31 heavy (non-hydrogen) atoms. The third-order valence-electron chi connectivity index (χ3n) is 4.56. The van der Waals surface area contributed by atoms with Gasteiger partial charge in [-0.3, -0.25) is 5.41 Å². The minimum absolute atomic E-state index is 0.146. The Labute approximate surface area is 181 Å². The summed E-state index contributed by atoms with van der Waals surface area (Å²) < 4.78 is 18.6. The van der Waals surface area contributed by atoms with E-state index in [1.54, 1.807) is 32.9 Å². The average molecular weight is 428 g/mol. The quantitative estimate of drug-likeness (QED) is 0.431. The Bertz CT molecular complexity index is 1020. The maximum atomic E-state index is 11.9. The number of esters is 1. The third-order valence-corrected chi connectivity index (χ3v) is 4.56. The maximum Gasteiger partial charge on any atom is 0.349 e.